The summed E-state index contributed by atoms with van der Waals surface area (Å²) in [5, 5.41) is 9.73. The lowest BCUT2D eigenvalue weighted by Crippen LogP contribution is -2.00. The van der Waals surface area contributed by atoms with Crippen molar-refractivity contribution in [2.24, 2.45) is 0 Å². The zero-order valence-electron chi connectivity index (χ0n) is 11.1. The van der Waals surface area contributed by atoms with E-state index in [0.717, 1.165) is 13.5 Å². The Morgan fingerprint density at radius 3 is 3.00 bits per heavy atom. The highest BCUT2D eigenvalue weighted by Crippen LogP contribution is 2.30. The Morgan fingerprint density at radius 2 is 2.27 bits per heavy atom. The van der Waals surface area contributed by atoms with Crippen molar-refractivity contribution in [3.05, 3.63) is 50.3 Å². The fraction of sp³-hybridized carbons (Fsp3) is 0.0714. The molecule has 0 unspecified atom stereocenters. The molecular formula is C14H9BrN2O3S2. The Bertz CT molecular complexity index is 793. The van der Waals surface area contributed by atoms with E-state index >= 15 is 0 Å². The van der Waals surface area contributed by atoms with Crippen molar-refractivity contribution in [1.82, 2.24) is 10.2 Å². The molecule has 0 bridgehead atoms. The number of ether oxygens (including phenoxy) is 1. The van der Waals surface area contributed by atoms with Crippen molar-refractivity contribution in [1.29, 1.82) is 0 Å². The lowest BCUT2D eigenvalue weighted by molar-refractivity contribution is -0.139. The van der Waals surface area contributed by atoms with Crippen molar-refractivity contribution in [3.8, 4) is 10.8 Å². The fourth-order valence-corrected chi connectivity index (χ4v) is 3.48. The molecule has 112 valence electrons. The van der Waals surface area contributed by atoms with Crippen LogP contribution < -0.4 is 0 Å². The Labute approximate surface area is 142 Å². The third-order valence-corrected chi connectivity index (χ3v) is 4.96. The first-order valence-corrected chi connectivity index (χ1v) is 8.66. The van der Waals surface area contributed by atoms with Gasteiger partial charge in [-0.3, -0.25) is 0 Å². The van der Waals surface area contributed by atoms with Gasteiger partial charge in [0.1, 0.15) is 0 Å². The summed E-state index contributed by atoms with van der Waals surface area (Å²) in [5.74, 6) is 0.222. The predicted octanol–water partition coefficient (Wildman–Crippen LogP) is 4.38. The highest BCUT2D eigenvalue weighted by atomic mass is 79.9. The summed E-state index contributed by atoms with van der Waals surface area (Å²) in [7, 11) is 0. The number of halogens is 1. The first-order chi connectivity index (χ1) is 10.7. The van der Waals surface area contributed by atoms with Crippen LogP contribution in [0, 0.1) is 0 Å². The minimum atomic E-state index is -0.452. The molecule has 0 saturated heterocycles. The van der Waals surface area contributed by atoms with Crippen molar-refractivity contribution in [3.63, 3.8) is 0 Å². The summed E-state index contributed by atoms with van der Waals surface area (Å²) in [6, 6.07) is 7.61. The lowest BCUT2D eigenvalue weighted by Gasteiger charge is -1.96. The molecule has 0 saturated carbocycles. The molecule has 3 aromatic heterocycles. The van der Waals surface area contributed by atoms with E-state index in [0.29, 0.717) is 5.89 Å². The second kappa shape index (κ2) is 6.99. The van der Waals surface area contributed by atoms with E-state index in [-0.39, 0.29) is 12.5 Å². The summed E-state index contributed by atoms with van der Waals surface area (Å²) in [5.41, 5.74) is 0. The van der Waals surface area contributed by atoms with Gasteiger partial charge in [0.2, 0.25) is 0 Å². The van der Waals surface area contributed by atoms with Gasteiger partial charge in [0.15, 0.2) is 6.61 Å². The smallest absolute Gasteiger partial charge is 0.331 e. The molecule has 0 aliphatic rings. The summed E-state index contributed by atoms with van der Waals surface area (Å²) in [6.45, 7) is -0.0485. The fourth-order valence-electron chi connectivity index (χ4n) is 1.56. The first kappa shape index (κ1) is 15.1. The highest BCUT2D eigenvalue weighted by Gasteiger charge is 2.11. The third kappa shape index (κ3) is 3.90. The quantitative estimate of drug-likeness (QED) is 0.472. The largest absolute Gasteiger partial charge is 0.452 e. The minimum Gasteiger partial charge on any atom is -0.452 e. The second-order valence-corrected chi connectivity index (χ2v) is 7.50. The maximum absolute atomic E-state index is 11.6. The van der Waals surface area contributed by atoms with E-state index in [1.54, 1.807) is 17.4 Å². The van der Waals surface area contributed by atoms with Gasteiger partial charge in [-0.15, -0.1) is 32.9 Å². The van der Waals surface area contributed by atoms with E-state index in [9.17, 15) is 4.79 Å². The van der Waals surface area contributed by atoms with Crippen LogP contribution in [0.25, 0.3) is 16.8 Å². The van der Waals surface area contributed by atoms with E-state index in [4.69, 9.17) is 9.15 Å². The van der Waals surface area contributed by atoms with Gasteiger partial charge in [0.05, 0.1) is 8.66 Å². The molecule has 0 aromatic carbocycles. The molecule has 3 heterocycles. The van der Waals surface area contributed by atoms with E-state index in [1.807, 2.05) is 29.6 Å². The number of aromatic nitrogens is 2. The van der Waals surface area contributed by atoms with Crippen LogP contribution in [-0.2, 0) is 16.1 Å². The number of esters is 1. The maximum atomic E-state index is 11.6. The molecule has 0 N–H and O–H groups in total. The molecule has 0 fully saturated rings. The number of rotatable bonds is 5. The van der Waals surface area contributed by atoms with Crippen molar-refractivity contribution in [2.45, 2.75) is 6.61 Å². The number of carbonyl (C=O) groups excluding carboxylic acids is 1. The van der Waals surface area contributed by atoms with Crippen LogP contribution in [0.5, 0.6) is 0 Å². The summed E-state index contributed by atoms with van der Waals surface area (Å²) >= 11 is 6.40. The summed E-state index contributed by atoms with van der Waals surface area (Å²) in [6.07, 6.45) is 3.08. The summed E-state index contributed by atoms with van der Waals surface area (Å²) < 4.78 is 11.5. The van der Waals surface area contributed by atoms with Gasteiger partial charge in [-0.25, -0.2) is 4.79 Å². The van der Waals surface area contributed by atoms with Crippen molar-refractivity contribution >= 4 is 50.6 Å². The van der Waals surface area contributed by atoms with Gasteiger partial charge >= 0.3 is 5.97 Å². The van der Waals surface area contributed by atoms with Gasteiger partial charge in [-0.05, 0) is 45.6 Å². The Kier molecular flexibility index (Phi) is 4.81. The minimum absolute atomic E-state index is 0.0485. The number of nitrogens with zero attached hydrogens (tertiary/aromatic N) is 2. The van der Waals surface area contributed by atoms with Crippen LogP contribution in [0.2, 0.25) is 0 Å². The monoisotopic (exact) mass is 396 g/mol. The lowest BCUT2D eigenvalue weighted by atomic mass is 10.4. The molecule has 22 heavy (non-hydrogen) atoms. The molecule has 0 aliphatic heterocycles. The van der Waals surface area contributed by atoms with Gasteiger partial charge in [-0.2, -0.15) is 0 Å². The van der Waals surface area contributed by atoms with Gasteiger partial charge in [0, 0.05) is 11.0 Å². The SMILES string of the molecule is O=C(C=Cc1cccs1)OCc1nnc(-c2ccc(Br)s2)o1. The molecule has 5 nitrogen and oxygen atoms in total. The Balaban J connectivity index is 1.55. The van der Waals surface area contributed by atoms with Crippen LogP contribution in [0.3, 0.4) is 0 Å². The molecule has 0 radical (unpaired) electrons. The topological polar surface area (TPSA) is 65.2 Å². The van der Waals surface area contributed by atoms with Gasteiger partial charge in [0.25, 0.3) is 11.8 Å². The van der Waals surface area contributed by atoms with Gasteiger partial charge < -0.3 is 9.15 Å². The molecule has 3 rings (SSSR count). The average Bonchev–Trinajstić information content (AvgIpc) is 3.24. The molecule has 0 aliphatic carbocycles. The average molecular weight is 397 g/mol. The number of thiophene rings is 2. The van der Waals surface area contributed by atoms with Crippen LogP contribution in [-0.4, -0.2) is 16.2 Å². The standard InChI is InChI=1S/C14H9BrN2O3S2/c15-11-5-4-10(22-11)14-17-16-12(20-14)8-19-13(18)6-3-9-2-1-7-21-9/h1-7H,8H2. The molecule has 0 spiro atoms. The first-order valence-electron chi connectivity index (χ1n) is 6.17. The maximum Gasteiger partial charge on any atom is 0.331 e. The number of hydrogen-bond acceptors (Lipinski definition) is 7. The normalized spacial score (nSPS) is 11.1. The molecule has 0 atom stereocenters. The zero-order valence-corrected chi connectivity index (χ0v) is 14.3. The van der Waals surface area contributed by atoms with E-state index in [1.165, 1.54) is 17.4 Å². The van der Waals surface area contributed by atoms with Crippen LogP contribution in [0.15, 0.2) is 43.9 Å². The molecule has 0 amide bonds. The Morgan fingerprint density at radius 1 is 1.36 bits per heavy atom. The van der Waals surface area contributed by atoms with Crippen LogP contribution in [0.4, 0.5) is 0 Å². The van der Waals surface area contributed by atoms with Crippen molar-refractivity contribution in [2.75, 3.05) is 0 Å². The van der Waals surface area contributed by atoms with E-state index < -0.39 is 5.97 Å². The molecular weight excluding hydrogens is 388 g/mol. The van der Waals surface area contributed by atoms with Crippen LogP contribution in [0.1, 0.15) is 10.8 Å². The third-order valence-electron chi connectivity index (χ3n) is 2.52. The summed E-state index contributed by atoms with van der Waals surface area (Å²) in [4.78, 5) is 13.4. The number of carbonyl (C=O) groups is 1. The van der Waals surface area contributed by atoms with Gasteiger partial charge in [-0.1, -0.05) is 6.07 Å². The zero-order chi connectivity index (χ0) is 15.4. The predicted molar refractivity (Wildman–Crippen MR) is 88.5 cm³/mol. The van der Waals surface area contributed by atoms with E-state index in [2.05, 4.69) is 26.1 Å². The second-order valence-electron chi connectivity index (χ2n) is 4.06. The molecule has 3 aromatic rings. The molecule has 8 heteroatoms. The highest BCUT2D eigenvalue weighted by molar-refractivity contribution is 9.11. The number of hydrogen-bond donors (Lipinski definition) is 0. The van der Waals surface area contributed by atoms with Crippen molar-refractivity contribution < 1.29 is 13.9 Å². The van der Waals surface area contributed by atoms with Crippen LogP contribution >= 0.6 is 38.6 Å². The Hall–Kier alpha value is -1.77.